The number of hydrogen-bond acceptors (Lipinski definition) is 5. The van der Waals surface area contributed by atoms with Crippen LogP contribution in [0.1, 0.15) is 58.9 Å². The number of amides is 2. The second-order valence-electron chi connectivity index (χ2n) is 8.41. The van der Waals surface area contributed by atoms with Crippen LogP contribution in [0.2, 0.25) is 0 Å². The summed E-state index contributed by atoms with van der Waals surface area (Å²) in [6.07, 6.45) is 2.66. The molecule has 2 amide bonds. The van der Waals surface area contributed by atoms with E-state index in [1.54, 1.807) is 20.8 Å². The van der Waals surface area contributed by atoms with Gasteiger partial charge in [0.15, 0.2) is 0 Å². The number of carbonyl (C=O) groups excluding carboxylic acids is 3. The average Bonchev–Trinajstić information content (AvgIpc) is 2.72. The summed E-state index contributed by atoms with van der Waals surface area (Å²) in [7, 11) is 1.27. The van der Waals surface area contributed by atoms with Crippen LogP contribution in [-0.4, -0.2) is 41.6 Å². The third-order valence-electron chi connectivity index (χ3n) is 6.20. The monoisotopic (exact) mass is 404 g/mol. The summed E-state index contributed by atoms with van der Waals surface area (Å²) in [5, 5.41) is 0. The van der Waals surface area contributed by atoms with Gasteiger partial charge in [-0.05, 0) is 51.0 Å². The Morgan fingerprint density at radius 1 is 1.03 bits per heavy atom. The number of benzene rings is 1. The molecule has 1 aliphatic carbocycles. The highest BCUT2D eigenvalue weighted by atomic mass is 16.6. The van der Waals surface area contributed by atoms with Crippen molar-refractivity contribution in [1.29, 1.82) is 0 Å². The highest BCUT2D eigenvalue weighted by Crippen LogP contribution is 2.35. The van der Waals surface area contributed by atoms with Crippen LogP contribution in [0.5, 0.6) is 0 Å². The molecule has 0 aliphatic heterocycles. The molecule has 1 aromatic carbocycles. The maximum absolute atomic E-state index is 13.7. The van der Waals surface area contributed by atoms with E-state index in [0.717, 1.165) is 31.2 Å². The van der Waals surface area contributed by atoms with Gasteiger partial charge in [0, 0.05) is 6.92 Å². The molecular formula is C23H34NO5+. The minimum absolute atomic E-state index is 0.0509. The van der Waals surface area contributed by atoms with Gasteiger partial charge >= 0.3 is 18.0 Å². The lowest BCUT2D eigenvalue weighted by atomic mass is 9.81. The Balaban J connectivity index is 2.37. The summed E-state index contributed by atoms with van der Waals surface area (Å²) in [6, 6.07) is 7.87. The maximum atomic E-state index is 13.7. The number of nitrogens with zero attached hydrogens (tertiary/aromatic N) is 1. The molecule has 1 aromatic rings. The van der Waals surface area contributed by atoms with E-state index in [2.05, 4.69) is 6.92 Å². The van der Waals surface area contributed by atoms with Crippen molar-refractivity contribution in [3.8, 4) is 0 Å². The topological polar surface area (TPSA) is 69.7 Å². The molecular weight excluding hydrogens is 370 g/mol. The van der Waals surface area contributed by atoms with Crippen LogP contribution >= 0.6 is 0 Å². The van der Waals surface area contributed by atoms with Crippen LogP contribution in [0, 0.1) is 11.8 Å². The molecule has 2 rings (SSSR count). The summed E-state index contributed by atoms with van der Waals surface area (Å²) in [5.41, 5.74) is 0.826. The number of methoxy groups -OCH3 is 1. The fourth-order valence-corrected chi connectivity index (χ4v) is 4.32. The van der Waals surface area contributed by atoms with Gasteiger partial charge in [0.2, 0.25) is 6.04 Å². The van der Waals surface area contributed by atoms with Gasteiger partial charge in [0.1, 0.15) is 12.6 Å². The molecule has 0 aromatic heterocycles. The Morgan fingerprint density at radius 3 is 2.14 bits per heavy atom. The van der Waals surface area contributed by atoms with Crippen molar-refractivity contribution in [2.45, 2.75) is 72.1 Å². The van der Waals surface area contributed by atoms with Crippen molar-refractivity contribution in [2.75, 3.05) is 7.11 Å². The molecule has 1 unspecified atom stereocenters. The van der Waals surface area contributed by atoms with Gasteiger partial charge < -0.3 is 9.47 Å². The number of esters is 1. The molecule has 6 heteroatoms. The first-order valence-corrected chi connectivity index (χ1v) is 10.5. The summed E-state index contributed by atoms with van der Waals surface area (Å²) in [4.78, 5) is 39.6. The van der Waals surface area contributed by atoms with E-state index in [4.69, 9.17) is 9.47 Å². The van der Waals surface area contributed by atoms with E-state index in [-0.39, 0.29) is 18.4 Å². The van der Waals surface area contributed by atoms with Crippen molar-refractivity contribution in [2.24, 2.45) is 11.8 Å². The van der Waals surface area contributed by atoms with Gasteiger partial charge in [-0.3, -0.25) is 0 Å². The van der Waals surface area contributed by atoms with Crippen LogP contribution in [-0.2, 0) is 25.7 Å². The molecule has 0 spiro atoms. The zero-order chi connectivity index (χ0) is 21.6. The van der Waals surface area contributed by atoms with Gasteiger partial charge in [0.05, 0.1) is 13.0 Å². The van der Waals surface area contributed by atoms with Gasteiger partial charge in [-0.2, -0.15) is 4.79 Å². The first-order chi connectivity index (χ1) is 13.7. The third-order valence-corrected chi connectivity index (χ3v) is 6.20. The predicted molar refractivity (Wildman–Crippen MR) is 110 cm³/mol. The molecule has 2 atom stereocenters. The molecule has 29 heavy (non-hydrogen) atoms. The summed E-state index contributed by atoms with van der Waals surface area (Å²) >= 11 is 0. The highest BCUT2D eigenvalue weighted by molar-refractivity contribution is 5.88. The Hall–Kier alpha value is -2.21. The number of carbonyl (C=O) groups is 3. The summed E-state index contributed by atoms with van der Waals surface area (Å²) in [6.45, 7) is 7.38. The van der Waals surface area contributed by atoms with Crippen molar-refractivity contribution >= 4 is 18.0 Å². The summed E-state index contributed by atoms with van der Waals surface area (Å²) in [5.74, 6) is -0.510. The van der Waals surface area contributed by atoms with Crippen LogP contribution in [0.15, 0.2) is 30.3 Å². The lowest BCUT2D eigenvalue weighted by Crippen LogP contribution is -2.69. The van der Waals surface area contributed by atoms with E-state index in [1.807, 2.05) is 30.3 Å². The van der Waals surface area contributed by atoms with Crippen LogP contribution < -0.4 is 0 Å². The fourth-order valence-electron chi connectivity index (χ4n) is 4.32. The van der Waals surface area contributed by atoms with E-state index in [9.17, 15) is 14.4 Å². The number of ether oxygens (including phenoxy) is 2. The first-order valence-electron chi connectivity index (χ1n) is 10.5. The van der Waals surface area contributed by atoms with E-state index in [1.165, 1.54) is 7.11 Å². The molecule has 0 radical (unpaired) electrons. The molecule has 0 bridgehead atoms. The molecule has 0 N–H and O–H groups in total. The van der Waals surface area contributed by atoms with Crippen molar-refractivity contribution in [3.05, 3.63) is 35.9 Å². The summed E-state index contributed by atoms with van der Waals surface area (Å²) < 4.78 is 9.86. The molecule has 6 nitrogen and oxygen atoms in total. The SMILES string of the molecule is COC(=O)[C@@H](C)[N+](C(=O)OCc1ccccc1)(C(=O)C1CCC(C)CC1)C(C)C. The molecule has 1 fully saturated rings. The second kappa shape index (κ2) is 10.0. The minimum Gasteiger partial charge on any atom is -0.465 e. The third kappa shape index (κ3) is 4.86. The Bertz CT molecular complexity index is 709. The fraction of sp³-hybridized carbons (Fsp3) is 0.609. The Labute approximate surface area is 173 Å². The first kappa shape index (κ1) is 23.1. The molecule has 160 valence electrons. The standard InChI is InChI=1S/C23H34NO5/c1-16(2)24(18(4)22(26)28-5,21(25)20-13-11-17(3)12-14-20)23(27)29-15-19-9-7-6-8-10-19/h6-10,16-18,20H,11-15H2,1-5H3/q+1/t17?,18-,20?,24?/m1/s1. The van der Waals surface area contributed by atoms with Crippen LogP contribution in [0.25, 0.3) is 0 Å². The van der Waals surface area contributed by atoms with E-state index < -0.39 is 28.6 Å². The lowest BCUT2D eigenvalue weighted by molar-refractivity contribution is -0.822. The Morgan fingerprint density at radius 2 is 1.62 bits per heavy atom. The van der Waals surface area contributed by atoms with Gasteiger partial charge in [0.25, 0.3) is 0 Å². The Kier molecular flexibility index (Phi) is 7.96. The van der Waals surface area contributed by atoms with Gasteiger partial charge in [-0.25, -0.2) is 9.59 Å². The maximum Gasteiger partial charge on any atom is 0.524 e. The van der Waals surface area contributed by atoms with Crippen LogP contribution in [0.3, 0.4) is 0 Å². The zero-order valence-electron chi connectivity index (χ0n) is 18.2. The minimum atomic E-state index is -0.977. The normalized spacial score (nSPS) is 22.4. The van der Waals surface area contributed by atoms with E-state index in [0.29, 0.717) is 5.92 Å². The van der Waals surface area contributed by atoms with Gasteiger partial charge in [-0.1, -0.05) is 37.3 Å². The largest absolute Gasteiger partial charge is 0.524 e. The lowest BCUT2D eigenvalue weighted by Gasteiger charge is -2.41. The van der Waals surface area contributed by atoms with Crippen molar-refractivity contribution in [3.63, 3.8) is 0 Å². The molecule has 1 saturated carbocycles. The van der Waals surface area contributed by atoms with Crippen molar-refractivity contribution in [1.82, 2.24) is 0 Å². The van der Waals surface area contributed by atoms with Gasteiger partial charge in [-0.15, -0.1) is 4.48 Å². The van der Waals surface area contributed by atoms with E-state index >= 15 is 0 Å². The second-order valence-corrected chi connectivity index (χ2v) is 8.41. The molecule has 0 heterocycles. The quantitative estimate of drug-likeness (QED) is 0.517. The average molecular weight is 405 g/mol. The van der Waals surface area contributed by atoms with Crippen molar-refractivity contribution < 1.29 is 28.3 Å². The highest BCUT2D eigenvalue weighted by Gasteiger charge is 2.58. The smallest absolute Gasteiger partial charge is 0.465 e. The molecule has 0 saturated heterocycles. The number of quaternary nitrogens is 1. The zero-order valence-corrected chi connectivity index (χ0v) is 18.2. The number of imide groups is 1. The predicted octanol–water partition coefficient (Wildman–Crippen LogP) is 4.46. The molecule has 1 aliphatic rings. The number of rotatable bonds is 6. The number of hydrogen-bond donors (Lipinski definition) is 0. The van der Waals surface area contributed by atoms with Crippen LogP contribution in [0.4, 0.5) is 4.79 Å².